The molecule has 3 aromatic rings. The third kappa shape index (κ3) is 3.78. The minimum absolute atomic E-state index is 0.107. The number of halogens is 2. The van der Waals surface area contributed by atoms with Crippen molar-refractivity contribution in [1.82, 2.24) is 0 Å². The van der Waals surface area contributed by atoms with Crippen molar-refractivity contribution in [1.29, 1.82) is 0 Å². The first-order valence-corrected chi connectivity index (χ1v) is 9.19. The predicted molar refractivity (Wildman–Crippen MR) is 108 cm³/mol. The molecule has 0 radical (unpaired) electrons. The van der Waals surface area contributed by atoms with Gasteiger partial charge in [-0.15, -0.1) is 0 Å². The number of amides is 1. The molecular weight excluding hydrogens is 409 g/mol. The van der Waals surface area contributed by atoms with E-state index in [1.54, 1.807) is 12.1 Å². The number of benzene rings is 3. The zero-order valence-electron chi connectivity index (χ0n) is 14.2. The maximum absolute atomic E-state index is 13.0. The summed E-state index contributed by atoms with van der Waals surface area (Å²) in [5, 5.41) is 2.87. The highest BCUT2D eigenvalue weighted by Crippen LogP contribution is 2.34. The van der Waals surface area contributed by atoms with Crippen LogP contribution >= 0.6 is 15.9 Å². The molecule has 0 spiro atoms. The van der Waals surface area contributed by atoms with Crippen molar-refractivity contribution in [2.75, 3.05) is 5.32 Å². The molecule has 27 heavy (non-hydrogen) atoms. The summed E-state index contributed by atoms with van der Waals surface area (Å²) < 4.78 is 19.5. The SMILES string of the molecule is O=C1Nc2ccccc2/C1=C/c1ccc(OCc2ccc(F)cc2)c(Br)c1. The Labute approximate surface area is 164 Å². The Morgan fingerprint density at radius 3 is 2.59 bits per heavy atom. The zero-order valence-corrected chi connectivity index (χ0v) is 15.8. The van der Waals surface area contributed by atoms with Gasteiger partial charge in [0.15, 0.2) is 0 Å². The minimum Gasteiger partial charge on any atom is -0.488 e. The molecule has 0 saturated carbocycles. The molecule has 0 bridgehead atoms. The minimum atomic E-state index is -0.269. The summed E-state index contributed by atoms with van der Waals surface area (Å²) in [5.74, 6) is 0.302. The normalized spacial score (nSPS) is 14.1. The average molecular weight is 424 g/mol. The van der Waals surface area contributed by atoms with Gasteiger partial charge in [0.2, 0.25) is 0 Å². The second kappa shape index (κ2) is 7.37. The number of carbonyl (C=O) groups is 1. The third-order valence-electron chi connectivity index (χ3n) is 4.28. The number of anilines is 1. The largest absolute Gasteiger partial charge is 0.488 e. The van der Waals surface area contributed by atoms with E-state index in [9.17, 15) is 9.18 Å². The maximum atomic E-state index is 13.0. The Bertz CT molecular complexity index is 1040. The first kappa shape index (κ1) is 17.5. The van der Waals surface area contributed by atoms with Crippen LogP contribution in [0.2, 0.25) is 0 Å². The molecule has 3 aromatic carbocycles. The second-order valence-corrected chi connectivity index (χ2v) is 7.02. The predicted octanol–water partition coefficient (Wildman–Crippen LogP) is 5.66. The number of rotatable bonds is 4. The van der Waals surface area contributed by atoms with E-state index < -0.39 is 0 Å². The monoisotopic (exact) mass is 423 g/mol. The summed E-state index contributed by atoms with van der Waals surface area (Å²) in [4.78, 5) is 12.2. The Hall–Kier alpha value is -2.92. The molecule has 4 rings (SSSR count). The van der Waals surface area contributed by atoms with Crippen molar-refractivity contribution in [3.05, 3.63) is 93.7 Å². The summed E-state index contributed by atoms with van der Waals surface area (Å²) in [6.45, 7) is 0.342. The Balaban J connectivity index is 1.53. The van der Waals surface area contributed by atoms with Crippen molar-refractivity contribution in [3.8, 4) is 5.75 Å². The lowest BCUT2D eigenvalue weighted by molar-refractivity contribution is -0.110. The first-order chi connectivity index (χ1) is 13.1. The molecule has 1 amide bonds. The van der Waals surface area contributed by atoms with E-state index in [0.29, 0.717) is 17.9 Å². The molecule has 0 aromatic heterocycles. The summed E-state index contributed by atoms with van der Waals surface area (Å²) in [6.07, 6.45) is 1.86. The van der Waals surface area contributed by atoms with Crippen LogP contribution in [0.5, 0.6) is 5.75 Å². The summed E-state index contributed by atoms with van der Waals surface area (Å²) >= 11 is 3.51. The van der Waals surface area contributed by atoms with E-state index in [1.165, 1.54) is 12.1 Å². The van der Waals surface area contributed by atoms with Gasteiger partial charge >= 0.3 is 0 Å². The number of hydrogen-bond acceptors (Lipinski definition) is 2. The van der Waals surface area contributed by atoms with Crippen molar-refractivity contribution in [3.63, 3.8) is 0 Å². The van der Waals surface area contributed by atoms with Gasteiger partial charge in [-0.05, 0) is 63.5 Å². The smallest absolute Gasteiger partial charge is 0.256 e. The lowest BCUT2D eigenvalue weighted by Crippen LogP contribution is -2.03. The molecule has 1 aliphatic rings. The lowest BCUT2D eigenvalue weighted by Gasteiger charge is -2.09. The van der Waals surface area contributed by atoms with Gasteiger partial charge in [0.1, 0.15) is 18.2 Å². The molecule has 1 aliphatic heterocycles. The third-order valence-corrected chi connectivity index (χ3v) is 4.90. The highest BCUT2D eigenvalue weighted by atomic mass is 79.9. The van der Waals surface area contributed by atoms with Crippen molar-refractivity contribution >= 4 is 39.2 Å². The molecule has 0 aliphatic carbocycles. The number of ether oxygens (including phenoxy) is 1. The number of para-hydroxylation sites is 1. The highest BCUT2D eigenvalue weighted by molar-refractivity contribution is 9.10. The van der Waals surface area contributed by atoms with Crippen LogP contribution in [-0.2, 0) is 11.4 Å². The van der Waals surface area contributed by atoms with Gasteiger partial charge in [0, 0.05) is 16.8 Å². The Morgan fingerprint density at radius 1 is 1.04 bits per heavy atom. The molecule has 3 nitrogen and oxygen atoms in total. The standard InChI is InChI=1S/C22H15BrFNO2/c23-19-12-15(11-18-17-3-1-2-4-20(17)25-22(18)26)7-10-21(19)27-13-14-5-8-16(24)9-6-14/h1-12H,13H2,(H,25,26)/b18-11-. The van der Waals surface area contributed by atoms with Crippen LogP contribution < -0.4 is 10.1 Å². The number of carbonyl (C=O) groups excluding carboxylic acids is 1. The van der Waals surface area contributed by atoms with Gasteiger partial charge in [-0.2, -0.15) is 0 Å². The van der Waals surface area contributed by atoms with E-state index in [1.807, 2.05) is 48.5 Å². The van der Waals surface area contributed by atoms with Gasteiger partial charge in [0.25, 0.3) is 5.91 Å². The van der Waals surface area contributed by atoms with Crippen molar-refractivity contribution in [2.45, 2.75) is 6.61 Å². The summed E-state index contributed by atoms with van der Waals surface area (Å²) in [7, 11) is 0. The molecule has 1 heterocycles. The van der Waals surface area contributed by atoms with Gasteiger partial charge in [-0.3, -0.25) is 4.79 Å². The molecule has 0 saturated heterocycles. The number of hydrogen-bond donors (Lipinski definition) is 1. The van der Waals surface area contributed by atoms with Crippen LogP contribution in [0.3, 0.4) is 0 Å². The average Bonchev–Trinajstić information content (AvgIpc) is 2.98. The van der Waals surface area contributed by atoms with E-state index >= 15 is 0 Å². The first-order valence-electron chi connectivity index (χ1n) is 8.39. The molecule has 0 atom stereocenters. The molecule has 134 valence electrons. The quantitative estimate of drug-likeness (QED) is 0.549. The second-order valence-electron chi connectivity index (χ2n) is 6.16. The van der Waals surface area contributed by atoms with Gasteiger partial charge in [-0.1, -0.05) is 36.4 Å². The van der Waals surface area contributed by atoms with Crippen LogP contribution in [0.25, 0.3) is 11.6 Å². The Morgan fingerprint density at radius 2 is 1.81 bits per heavy atom. The topological polar surface area (TPSA) is 38.3 Å². The van der Waals surface area contributed by atoms with E-state index in [0.717, 1.165) is 26.9 Å². The molecule has 0 unspecified atom stereocenters. The molecule has 1 N–H and O–H groups in total. The lowest BCUT2D eigenvalue weighted by atomic mass is 10.0. The van der Waals surface area contributed by atoms with Crippen LogP contribution in [-0.4, -0.2) is 5.91 Å². The molecule has 5 heteroatoms. The van der Waals surface area contributed by atoms with Crippen LogP contribution in [0.4, 0.5) is 10.1 Å². The Kier molecular flexibility index (Phi) is 4.77. The molecular formula is C22H15BrFNO2. The fourth-order valence-corrected chi connectivity index (χ4v) is 3.43. The van der Waals surface area contributed by atoms with Crippen molar-refractivity contribution in [2.24, 2.45) is 0 Å². The van der Waals surface area contributed by atoms with Gasteiger partial charge < -0.3 is 10.1 Å². The fraction of sp³-hybridized carbons (Fsp3) is 0.0455. The van der Waals surface area contributed by atoms with Crippen LogP contribution in [0, 0.1) is 5.82 Å². The van der Waals surface area contributed by atoms with E-state index in [-0.39, 0.29) is 11.7 Å². The number of fused-ring (bicyclic) bond motifs is 1. The van der Waals surface area contributed by atoms with E-state index in [2.05, 4.69) is 21.2 Å². The number of nitrogens with one attached hydrogen (secondary N) is 1. The molecule has 0 fully saturated rings. The van der Waals surface area contributed by atoms with Gasteiger partial charge in [-0.25, -0.2) is 4.39 Å². The maximum Gasteiger partial charge on any atom is 0.256 e. The summed E-state index contributed by atoms with van der Waals surface area (Å²) in [6, 6.07) is 19.5. The van der Waals surface area contributed by atoms with Crippen LogP contribution in [0.1, 0.15) is 16.7 Å². The zero-order chi connectivity index (χ0) is 18.8. The summed E-state index contributed by atoms with van der Waals surface area (Å²) in [5.41, 5.74) is 4.13. The van der Waals surface area contributed by atoms with E-state index in [4.69, 9.17) is 4.74 Å². The van der Waals surface area contributed by atoms with Gasteiger partial charge in [0.05, 0.1) is 4.47 Å². The van der Waals surface area contributed by atoms with Crippen molar-refractivity contribution < 1.29 is 13.9 Å². The fourth-order valence-electron chi connectivity index (χ4n) is 2.91. The van der Waals surface area contributed by atoms with Crippen LogP contribution in [0.15, 0.2) is 71.2 Å². The highest BCUT2D eigenvalue weighted by Gasteiger charge is 2.23.